The summed E-state index contributed by atoms with van der Waals surface area (Å²) in [6, 6.07) is 7.74. The molecule has 0 atom stereocenters. The van der Waals surface area contributed by atoms with Crippen molar-refractivity contribution in [2.45, 2.75) is 39.3 Å². The minimum Gasteiger partial charge on any atom is -0.484 e. The molecule has 6 heteroatoms. The van der Waals surface area contributed by atoms with Gasteiger partial charge >= 0.3 is 0 Å². The zero-order chi connectivity index (χ0) is 14.5. The molecule has 1 heterocycles. The molecule has 0 unspecified atom stereocenters. The van der Waals surface area contributed by atoms with Crippen LogP contribution in [-0.2, 0) is 6.61 Å². The van der Waals surface area contributed by atoms with Crippen LogP contribution in [0, 0.1) is 4.77 Å². The first-order valence-electron chi connectivity index (χ1n) is 6.70. The van der Waals surface area contributed by atoms with Crippen LogP contribution in [0.15, 0.2) is 24.3 Å². The summed E-state index contributed by atoms with van der Waals surface area (Å²) in [7, 11) is 0. The van der Waals surface area contributed by atoms with Gasteiger partial charge in [0.25, 0.3) is 0 Å². The Balaban J connectivity index is 2.19. The fourth-order valence-electron chi connectivity index (χ4n) is 2.17. The fraction of sp³-hybridized carbons (Fsp3) is 0.429. The Morgan fingerprint density at radius 3 is 2.70 bits per heavy atom. The Kier molecular flexibility index (Phi) is 5.20. The molecule has 0 bridgehead atoms. The minimum absolute atomic E-state index is 0.339. The number of para-hydroxylation sites is 1. The first-order valence-corrected chi connectivity index (χ1v) is 7.49. The van der Waals surface area contributed by atoms with Gasteiger partial charge in [0.2, 0.25) is 0 Å². The lowest BCUT2D eigenvalue weighted by molar-refractivity contribution is 0.281. The van der Waals surface area contributed by atoms with Crippen LogP contribution >= 0.6 is 23.8 Å². The molecule has 1 N–H and O–H groups in total. The van der Waals surface area contributed by atoms with Gasteiger partial charge in [0.05, 0.1) is 5.02 Å². The van der Waals surface area contributed by atoms with Crippen LogP contribution in [0.3, 0.4) is 0 Å². The second-order valence-corrected chi connectivity index (χ2v) is 5.30. The van der Waals surface area contributed by atoms with E-state index < -0.39 is 0 Å². The number of nitrogens with one attached hydrogen (secondary N) is 1. The van der Waals surface area contributed by atoms with E-state index in [1.165, 1.54) is 0 Å². The lowest BCUT2D eigenvalue weighted by atomic mass is 10.2. The highest BCUT2D eigenvalue weighted by Gasteiger charge is 2.14. The molecule has 0 saturated carbocycles. The van der Waals surface area contributed by atoms with Gasteiger partial charge in [0, 0.05) is 6.04 Å². The summed E-state index contributed by atoms with van der Waals surface area (Å²) in [6.45, 7) is 4.62. The van der Waals surface area contributed by atoms with Gasteiger partial charge in [-0.3, -0.25) is 9.67 Å². The first kappa shape index (κ1) is 15.1. The Bertz CT molecular complexity index is 619. The SMILES string of the molecule is CCC(CC)n1c(COc2ccccc2Cl)n[nH]c1=S. The van der Waals surface area contributed by atoms with E-state index in [1.807, 2.05) is 22.8 Å². The molecule has 2 aromatic rings. The van der Waals surface area contributed by atoms with Crippen molar-refractivity contribution in [1.82, 2.24) is 14.8 Å². The Morgan fingerprint density at radius 1 is 1.35 bits per heavy atom. The molecule has 108 valence electrons. The average Bonchev–Trinajstić information content (AvgIpc) is 2.81. The molecule has 0 spiro atoms. The summed E-state index contributed by atoms with van der Waals surface area (Å²) in [5.41, 5.74) is 0. The highest BCUT2D eigenvalue weighted by molar-refractivity contribution is 7.71. The number of rotatable bonds is 6. The number of nitrogens with zero attached hydrogens (tertiary/aromatic N) is 2. The summed E-state index contributed by atoms with van der Waals surface area (Å²) in [6.07, 6.45) is 2.01. The Morgan fingerprint density at radius 2 is 2.05 bits per heavy atom. The fourth-order valence-corrected chi connectivity index (χ4v) is 2.66. The van der Waals surface area contributed by atoms with Gasteiger partial charge in [0.15, 0.2) is 10.6 Å². The summed E-state index contributed by atoms with van der Waals surface area (Å²) < 4.78 is 8.40. The zero-order valence-corrected chi connectivity index (χ0v) is 13.2. The molecular weight excluding hydrogens is 294 g/mol. The average molecular weight is 312 g/mol. The normalized spacial score (nSPS) is 11.0. The maximum atomic E-state index is 6.07. The van der Waals surface area contributed by atoms with Crippen molar-refractivity contribution in [3.8, 4) is 5.75 Å². The van der Waals surface area contributed by atoms with Gasteiger partial charge in [-0.05, 0) is 37.2 Å². The van der Waals surface area contributed by atoms with Gasteiger partial charge in [-0.25, -0.2) is 0 Å². The molecule has 1 aromatic carbocycles. The first-order chi connectivity index (χ1) is 9.67. The van der Waals surface area contributed by atoms with Crippen LogP contribution in [0.2, 0.25) is 5.02 Å². The summed E-state index contributed by atoms with van der Waals surface area (Å²) in [4.78, 5) is 0. The molecule has 4 nitrogen and oxygen atoms in total. The predicted molar refractivity (Wildman–Crippen MR) is 82.8 cm³/mol. The van der Waals surface area contributed by atoms with Crippen LogP contribution < -0.4 is 4.74 Å². The second-order valence-electron chi connectivity index (χ2n) is 4.50. The highest BCUT2D eigenvalue weighted by Crippen LogP contribution is 2.25. The van der Waals surface area contributed by atoms with Gasteiger partial charge in [-0.2, -0.15) is 5.10 Å². The lowest BCUT2D eigenvalue weighted by Gasteiger charge is -2.17. The van der Waals surface area contributed by atoms with Gasteiger partial charge in [-0.15, -0.1) is 0 Å². The molecule has 20 heavy (non-hydrogen) atoms. The Hall–Kier alpha value is -1.33. The van der Waals surface area contributed by atoms with Crippen LogP contribution in [0.1, 0.15) is 38.6 Å². The Labute approximate surface area is 128 Å². The molecule has 0 aliphatic carbocycles. The third kappa shape index (κ3) is 3.22. The standard InChI is InChI=1S/C14H18ClN3OS/c1-3-10(4-2)18-13(16-17-14(18)20)9-19-12-8-6-5-7-11(12)15/h5-8,10H,3-4,9H2,1-2H3,(H,17,20). The van der Waals surface area contributed by atoms with Crippen molar-refractivity contribution in [3.05, 3.63) is 39.9 Å². The second kappa shape index (κ2) is 6.90. The van der Waals surface area contributed by atoms with Crippen molar-refractivity contribution in [1.29, 1.82) is 0 Å². The van der Waals surface area contributed by atoms with Crippen molar-refractivity contribution in [2.24, 2.45) is 0 Å². The summed E-state index contributed by atoms with van der Waals surface area (Å²) in [5.74, 6) is 1.45. The van der Waals surface area contributed by atoms with Crippen molar-refractivity contribution >= 4 is 23.8 Å². The summed E-state index contributed by atoms with van der Waals surface area (Å²) >= 11 is 11.4. The smallest absolute Gasteiger partial charge is 0.195 e. The van der Waals surface area contributed by atoms with E-state index in [2.05, 4.69) is 24.0 Å². The van der Waals surface area contributed by atoms with E-state index in [0.717, 1.165) is 18.7 Å². The molecule has 0 aliphatic rings. The molecule has 0 fully saturated rings. The molecule has 0 amide bonds. The van der Waals surface area contributed by atoms with Gasteiger partial charge < -0.3 is 4.74 Å². The number of H-pyrrole nitrogens is 1. The number of halogens is 1. The molecule has 0 saturated heterocycles. The van der Waals surface area contributed by atoms with E-state index >= 15 is 0 Å². The molecule has 2 rings (SSSR count). The maximum absolute atomic E-state index is 6.07. The van der Waals surface area contributed by atoms with E-state index in [1.54, 1.807) is 6.07 Å². The number of hydrogen-bond donors (Lipinski definition) is 1. The van der Waals surface area contributed by atoms with E-state index in [9.17, 15) is 0 Å². The van der Waals surface area contributed by atoms with Crippen molar-refractivity contribution < 1.29 is 4.74 Å². The largest absolute Gasteiger partial charge is 0.484 e. The molecule has 0 radical (unpaired) electrons. The van der Waals surface area contributed by atoms with Gasteiger partial charge in [-0.1, -0.05) is 37.6 Å². The maximum Gasteiger partial charge on any atom is 0.195 e. The quantitative estimate of drug-likeness (QED) is 0.797. The highest BCUT2D eigenvalue weighted by atomic mass is 35.5. The summed E-state index contributed by atoms with van der Waals surface area (Å²) in [5, 5.41) is 7.69. The zero-order valence-electron chi connectivity index (χ0n) is 11.6. The number of ether oxygens (including phenoxy) is 1. The van der Waals surface area contributed by atoms with Crippen molar-refractivity contribution in [2.75, 3.05) is 0 Å². The predicted octanol–water partition coefficient (Wildman–Crippen LogP) is 4.53. The molecule has 1 aromatic heterocycles. The topological polar surface area (TPSA) is 42.8 Å². The van der Waals surface area contributed by atoms with Crippen molar-refractivity contribution in [3.63, 3.8) is 0 Å². The van der Waals surface area contributed by atoms with E-state index in [-0.39, 0.29) is 0 Å². The number of aromatic amines is 1. The van der Waals surface area contributed by atoms with Gasteiger partial charge in [0.1, 0.15) is 12.4 Å². The van der Waals surface area contributed by atoms with Crippen LogP contribution in [-0.4, -0.2) is 14.8 Å². The molecular formula is C14H18ClN3OS. The lowest BCUT2D eigenvalue weighted by Crippen LogP contribution is -2.13. The minimum atomic E-state index is 0.339. The van der Waals surface area contributed by atoms with Crippen LogP contribution in [0.25, 0.3) is 0 Å². The van der Waals surface area contributed by atoms with E-state index in [0.29, 0.717) is 28.2 Å². The third-order valence-corrected chi connectivity index (χ3v) is 3.88. The third-order valence-electron chi connectivity index (χ3n) is 3.28. The molecule has 0 aliphatic heterocycles. The number of benzene rings is 1. The number of hydrogen-bond acceptors (Lipinski definition) is 3. The number of aromatic nitrogens is 3. The van der Waals surface area contributed by atoms with Crippen LogP contribution in [0.4, 0.5) is 0 Å². The monoisotopic (exact) mass is 311 g/mol. The van der Waals surface area contributed by atoms with E-state index in [4.69, 9.17) is 28.6 Å². The van der Waals surface area contributed by atoms with Crippen LogP contribution in [0.5, 0.6) is 5.75 Å².